The Bertz CT molecular complexity index is 393. The SMILES string of the molecule is COc1cc(C=O)cc(C#N)c1OC. The van der Waals surface area contributed by atoms with E-state index in [-0.39, 0.29) is 5.56 Å². The molecule has 0 saturated heterocycles. The molecular weight excluding hydrogens is 182 g/mol. The summed E-state index contributed by atoms with van der Waals surface area (Å²) in [6.07, 6.45) is 0.656. The van der Waals surface area contributed by atoms with Gasteiger partial charge in [0.05, 0.1) is 19.8 Å². The first-order valence-electron chi connectivity index (χ1n) is 3.88. The Morgan fingerprint density at radius 3 is 2.50 bits per heavy atom. The normalized spacial score (nSPS) is 8.93. The second-order valence-corrected chi connectivity index (χ2v) is 2.53. The second kappa shape index (κ2) is 4.28. The predicted molar refractivity (Wildman–Crippen MR) is 49.6 cm³/mol. The molecule has 0 radical (unpaired) electrons. The molecule has 1 aromatic rings. The molecule has 0 aliphatic rings. The smallest absolute Gasteiger partial charge is 0.178 e. The van der Waals surface area contributed by atoms with Gasteiger partial charge in [-0.15, -0.1) is 0 Å². The van der Waals surface area contributed by atoms with Crippen LogP contribution in [0.1, 0.15) is 15.9 Å². The van der Waals surface area contributed by atoms with Crippen LogP contribution in [0.4, 0.5) is 0 Å². The highest BCUT2D eigenvalue weighted by Crippen LogP contribution is 2.31. The number of hydrogen-bond acceptors (Lipinski definition) is 4. The Labute approximate surface area is 81.7 Å². The van der Waals surface area contributed by atoms with Gasteiger partial charge in [-0.25, -0.2) is 0 Å². The lowest BCUT2D eigenvalue weighted by Gasteiger charge is -2.09. The Hall–Kier alpha value is -2.02. The van der Waals surface area contributed by atoms with Gasteiger partial charge < -0.3 is 9.47 Å². The summed E-state index contributed by atoms with van der Waals surface area (Å²) in [4.78, 5) is 10.5. The average Bonchev–Trinajstić information content (AvgIpc) is 2.26. The van der Waals surface area contributed by atoms with Crippen molar-refractivity contribution >= 4 is 6.29 Å². The summed E-state index contributed by atoms with van der Waals surface area (Å²) in [5.41, 5.74) is 0.674. The van der Waals surface area contributed by atoms with Gasteiger partial charge in [0.1, 0.15) is 12.4 Å². The van der Waals surface area contributed by atoms with Crippen LogP contribution < -0.4 is 9.47 Å². The quantitative estimate of drug-likeness (QED) is 0.677. The van der Waals surface area contributed by atoms with Crippen LogP contribution in [0, 0.1) is 11.3 Å². The van der Waals surface area contributed by atoms with E-state index in [0.717, 1.165) is 0 Å². The molecule has 0 spiro atoms. The number of carbonyl (C=O) groups excluding carboxylic acids is 1. The number of aldehydes is 1. The minimum Gasteiger partial charge on any atom is -0.493 e. The molecular formula is C10H9NO3. The molecule has 0 atom stereocenters. The van der Waals surface area contributed by atoms with Crippen LogP contribution in [0.5, 0.6) is 11.5 Å². The first-order valence-corrected chi connectivity index (χ1v) is 3.88. The summed E-state index contributed by atoms with van der Waals surface area (Å²) in [5.74, 6) is 0.731. The van der Waals surface area contributed by atoms with Crippen molar-refractivity contribution < 1.29 is 14.3 Å². The van der Waals surface area contributed by atoms with Crippen molar-refractivity contribution in [2.24, 2.45) is 0 Å². The van der Waals surface area contributed by atoms with Crippen LogP contribution in [0.15, 0.2) is 12.1 Å². The third-order valence-electron chi connectivity index (χ3n) is 1.76. The first kappa shape index (κ1) is 10.1. The van der Waals surface area contributed by atoms with Crippen LogP contribution >= 0.6 is 0 Å². The molecule has 0 heterocycles. The molecule has 14 heavy (non-hydrogen) atoms. The monoisotopic (exact) mass is 191 g/mol. The van der Waals surface area contributed by atoms with Crippen molar-refractivity contribution in [3.05, 3.63) is 23.3 Å². The van der Waals surface area contributed by atoms with Gasteiger partial charge in [0.2, 0.25) is 0 Å². The number of ether oxygens (including phenoxy) is 2. The standard InChI is InChI=1S/C10H9NO3/c1-13-9-4-7(6-12)3-8(5-11)10(9)14-2/h3-4,6H,1-2H3. The van der Waals surface area contributed by atoms with Crippen LogP contribution in [-0.2, 0) is 0 Å². The number of rotatable bonds is 3. The van der Waals surface area contributed by atoms with Gasteiger partial charge in [-0.2, -0.15) is 5.26 Å². The number of carbonyl (C=O) groups is 1. The zero-order valence-corrected chi connectivity index (χ0v) is 7.90. The molecule has 0 saturated carbocycles. The Morgan fingerprint density at radius 1 is 1.36 bits per heavy atom. The van der Waals surface area contributed by atoms with Gasteiger partial charge in [0.15, 0.2) is 11.5 Å². The molecule has 0 fully saturated rings. The third kappa shape index (κ3) is 1.67. The van der Waals surface area contributed by atoms with E-state index < -0.39 is 0 Å². The number of methoxy groups -OCH3 is 2. The Morgan fingerprint density at radius 2 is 2.07 bits per heavy atom. The molecule has 4 heteroatoms. The number of nitriles is 1. The fraction of sp³-hybridized carbons (Fsp3) is 0.200. The molecule has 0 N–H and O–H groups in total. The van der Waals surface area contributed by atoms with Gasteiger partial charge in [-0.05, 0) is 12.1 Å². The maximum atomic E-state index is 10.5. The number of nitrogens with zero attached hydrogens (tertiary/aromatic N) is 1. The highest BCUT2D eigenvalue weighted by atomic mass is 16.5. The van der Waals surface area contributed by atoms with Crippen LogP contribution in [-0.4, -0.2) is 20.5 Å². The first-order chi connectivity index (χ1) is 6.76. The molecule has 0 unspecified atom stereocenters. The van der Waals surface area contributed by atoms with Gasteiger partial charge in [-0.1, -0.05) is 0 Å². The average molecular weight is 191 g/mol. The largest absolute Gasteiger partial charge is 0.493 e. The molecule has 72 valence electrons. The van der Waals surface area contributed by atoms with Crippen molar-refractivity contribution in [1.82, 2.24) is 0 Å². The van der Waals surface area contributed by atoms with E-state index >= 15 is 0 Å². The highest BCUT2D eigenvalue weighted by molar-refractivity contribution is 5.78. The molecule has 0 bridgehead atoms. The van der Waals surface area contributed by atoms with Gasteiger partial charge in [0.25, 0.3) is 0 Å². The predicted octanol–water partition coefficient (Wildman–Crippen LogP) is 1.39. The maximum absolute atomic E-state index is 10.5. The van der Waals surface area contributed by atoms with Gasteiger partial charge in [-0.3, -0.25) is 4.79 Å². The van der Waals surface area contributed by atoms with E-state index in [1.807, 2.05) is 6.07 Å². The molecule has 0 amide bonds. The fourth-order valence-electron chi connectivity index (χ4n) is 1.14. The maximum Gasteiger partial charge on any atom is 0.178 e. The molecule has 0 aliphatic carbocycles. The van der Waals surface area contributed by atoms with Crippen molar-refractivity contribution in [1.29, 1.82) is 5.26 Å². The Balaban J connectivity index is 3.41. The van der Waals surface area contributed by atoms with E-state index in [1.165, 1.54) is 26.4 Å². The van der Waals surface area contributed by atoms with E-state index in [9.17, 15) is 4.79 Å². The summed E-state index contributed by atoms with van der Waals surface area (Å²) in [5, 5.41) is 8.79. The van der Waals surface area contributed by atoms with Crippen LogP contribution in [0.2, 0.25) is 0 Å². The molecule has 0 aromatic heterocycles. The minimum absolute atomic E-state index is 0.286. The zero-order valence-electron chi connectivity index (χ0n) is 7.90. The van der Waals surface area contributed by atoms with Gasteiger partial charge >= 0.3 is 0 Å². The van der Waals surface area contributed by atoms with E-state index in [1.54, 1.807) is 0 Å². The molecule has 1 aromatic carbocycles. The van der Waals surface area contributed by atoms with Crippen molar-refractivity contribution in [2.45, 2.75) is 0 Å². The lowest BCUT2D eigenvalue weighted by atomic mass is 10.1. The van der Waals surface area contributed by atoms with E-state index in [0.29, 0.717) is 23.3 Å². The second-order valence-electron chi connectivity index (χ2n) is 2.53. The van der Waals surface area contributed by atoms with Crippen LogP contribution in [0.25, 0.3) is 0 Å². The zero-order chi connectivity index (χ0) is 10.6. The molecule has 1 rings (SSSR count). The van der Waals surface area contributed by atoms with Crippen molar-refractivity contribution in [2.75, 3.05) is 14.2 Å². The van der Waals surface area contributed by atoms with Crippen molar-refractivity contribution in [3.63, 3.8) is 0 Å². The molecule has 0 aliphatic heterocycles. The van der Waals surface area contributed by atoms with E-state index in [4.69, 9.17) is 14.7 Å². The van der Waals surface area contributed by atoms with Crippen LogP contribution in [0.3, 0.4) is 0 Å². The number of benzene rings is 1. The minimum atomic E-state index is 0.286. The summed E-state index contributed by atoms with van der Waals surface area (Å²) < 4.78 is 9.98. The fourth-order valence-corrected chi connectivity index (χ4v) is 1.14. The van der Waals surface area contributed by atoms with E-state index in [2.05, 4.69) is 0 Å². The summed E-state index contributed by atoms with van der Waals surface area (Å²) in [6.45, 7) is 0. The molecule has 4 nitrogen and oxygen atoms in total. The summed E-state index contributed by atoms with van der Waals surface area (Å²) in [7, 11) is 2.90. The summed E-state index contributed by atoms with van der Waals surface area (Å²) in [6, 6.07) is 4.91. The Kier molecular flexibility index (Phi) is 3.08. The summed E-state index contributed by atoms with van der Waals surface area (Å²) >= 11 is 0. The highest BCUT2D eigenvalue weighted by Gasteiger charge is 2.11. The van der Waals surface area contributed by atoms with Crippen molar-refractivity contribution in [3.8, 4) is 17.6 Å². The third-order valence-corrected chi connectivity index (χ3v) is 1.76. The number of hydrogen-bond donors (Lipinski definition) is 0. The lowest BCUT2D eigenvalue weighted by Crippen LogP contribution is -1.95. The topological polar surface area (TPSA) is 59.3 Å². The van der Waals surface area contributed by atoms with Gasteiger partial charge in [0, 0.05) is 5.56 Å². The lowest BCUT2D eigenvalue weighted by molar-refractivity contribution is 0.112.